The van der Waals surface area contributed by atoms with Crippen molar-refractivity contribution in [3.63, 3.8) is 0 Å². The second-order valence-electron chi connectivity index (χ2n) is 3.51. The van der Waals surface area contributed by atoms with E-state index in [9.17, 15) is 13.5 Å². The molecule has 0 bridgehead atoms. The van der Waals surface area contributed by atoms with Crippen LogP contribution >= 0.6 is 31.9 Å². The van der Waals surface area contributed by atoms with Gasteiger partial charge in [0, 0.05) is 6.26 Å². The van der Waals surface area contributed by atoms with Crippen LogP contribution in [0.4, 0.5) is 0 Å². The van der Waals surface area contributed by atoms with E-state index in [1.54, 1.807) is 24.3 Å². The topological polar surface area (TPSA) is 63.6 Å². The van der Waals surface area contributed by atoms with Crippen LogP contribution in [0.1, 0.15) is 11.7 Å². The molecular formula is C10H12Br2O4S. The van der Waals surface area contributed by atoms with Crippen LogP contribution in [0.2, 0.25) is 0 Å². The molecule has 1 atom stereocenters. The van der Waals surface area contributed by atoms with Crippen molar-refractivity contribution in [2.24, 2.45) is 0 Å². The molecule has 0 radical (unpaired) electrons. The number of methoxy groups -OCH3 is 1. The molecule has 0 aromatic heterocycles. The summed E-state index contributed by atoms with van der Waals surface area (Å²) >= 11 is 5.98. The second-order valence-corrected chi connectivity index (χ2v) is 10.3. The average Bonchev–Trinajstić information content (AvgIpc) is 2.26. The molecule has 0 aliphatic rings. The highest BCUT2D eigenvalue weighted by atomic mass is 79.9. The number of aliphatic hydroxyl groups excluding tert-OH is 1. The summed E-state index contributed by atoms with van der Waals surface area (Å²) in [6, 6.07) is 6.51. The Labute approximate surface area is 117 Å². The minimum Gasteiger partial charge on any atom is -0.497 e. The molecule has 96 valence electrons. The highest BCUT2D eigenvalue weighted by Gasteiger charge is 2.43. The first-order valence-electron chi connectivity index (χ1n) is 4.59. The Bertz CT molecular complexity index is 482. The SMILES string of the molecule is COc1ccc([C@H](O)C(Br)(Br)S(C)(=O)=O)cc1. The van der Waals surface area contributed by atoms with Gasteiger partial charge in [-0.3, -0.25) is 0 Å². The van der Waals surface area contributed by atoms with Gasteiger partial charge >= 0.3 is 0 Å². The van der Waals surface area contributed by atoms with Gasteiger partial charge in [-0.1, -0.05) is 44.0 Å². The van der Waals surface area contributed by atoms with Crippen molar-refractivity contribution >= 4 is 41.7 Å². The summed E-state index contributed by atoms with van der Waals surface area (Å²) in [5.41, 5.74) is 0.463. The summed E-state index contributed by atoms with van der Waals surface area (Å²) in [7, 11) is -1.98. The summed E-state index contributed by atoms with van der Waals surface area (Å²) in [5.74, 6) is 0.634. The van der Waals surface area contributed by atoms with Gasteiger partial charge in [-0.25, -0.2) is 8.42 Å². The lowest BCUT2D eigenvalue weighted by atomic mass is 10.1. The Morgan fingerprint density at radius 1 is 1.29 bits per heavy atom. The summed E-state index contributed by atoms with van der Waals surface area (Å²) < 4.78 is 26.4. The fourth-order valence-corrected chi connectivity index (χ4v) is 2.25. The van der Waals surface area contributed by atoms with Crippen LogP contribution in [-0.4, -0.2) is 29.5 Å². The van der Waals surface area contributed by atoms with Gasteiger partial charge in [0.2, 0.25) is 2.57 Å². The molecule has 1 aromatic rings. The molecule has 0 heterocycles. The highest BCUT2D eigenvalue weighted by molar-refractivity contribution is 9.27. The van der Waals surface area contributed by atoms with E-state index >= 15 is 0 Å². The molecule has 1 N–H and O–H groups in total. The molecule has 0 fully saturated rings. The zero-order valence-corrected chi connectivity index (χ0v) is 13.2. The van der Waals surface area contributed by atoms with Gasteiger partial charge in [-0.2, -0.15) is 0 Å². The number of hydrogen-bond acceptors (Lipinski definition) is 4. The maximum absolute atomic E-state index is 11.5. The molecule has 4 nitrogen and oxygen atoms in total. The molecule has 0 unspecified atom stereocenters. The first-order valence-corrected chi connectivity index (χ1v) is 8.07. The van der Waals surface area contributed by atoms with E-state index in [-0.39, 0.29) is 0 Å². The number of rotatable bonds is 4. The molecule has 0 amide bonds. The molecule has 0 aliphatic carbocycles. The van der Waals surface area contributed by atoms with Gasteiger partial charge in [0.05, 0.1) is 7.11 Å². The lowest BCUT2D eigenvalue weighted by Crippen LogP contribution is -2.31. The van der Waals surface area contributed by atoms with Crippen LogP contribution in [0.25, 0.3) is 0 Å². The Morgan fingerprint density at radius 2 is 1.76 bits per heavy atom. The lowest BCUT2D eigenvalue weighted by molar-refractivity contribution is 0.189. The minimum absolute atomic E-state index is 0.463. The third-order valence-corrected chi connectivity index (χ3v) is 7.85. The Balaban J connectivity index is 3.08. The van der Waals surface area contributed by atoms with Crippen molar-refractivity contribution in [1.82, 2.24) is 0 Å². The number of halogens is 2. The van der Waals surface area contributed by atoms with E-state index < -0.39 is 18.5 Å². The van der Waals surface area contributed by atoms with E-state index in [4.69, 9.17) is 4.74 Å². The average molecular weight is 388 g/mol. The lowest BCUT2D eigenvalue weighted by Gasteiger charge is -2.25. The van der Waals surface area contributed by atoms with Crippen molar-refractivity contribution in [1.29, 1.82) is 0 Å². The normalized spacial score (nSPS) is 14.4. The highest BCUT2D eigenvalue weighted by Crippen LogP contribution is 2.43. The zero-order chi connectivity index (χ0) is 13.3. The molecule has 0 aliphatic heterocycles. The monoisotopic (exact) mass is 386 g/mol. The van der Waals surface area contributed by atoms with Gasteiger partial charge in [-0.15, -0.1) is 0 Å². The Morgan fingerprint density at radius 3 is 2.12 bits per heavy atom. The fraction of sp³-hybridized carbons (Fsp3) is 0.400. The van der Waals surface area contributed by atoms with E-state index in [0.717, 1.165) is 6.26 Å². The molecular weight excluding hydrogens is 376 g/mol. The van der Waals surface area contributed by atoms with E-state index in [1.807, 2.05) is 0 Å². The van der Waals surface area contributed by atoms with Crippen molar-refractivity contribution in [2.75, 3.05) is 13.4 Å². The molecule has 1 rings (SSSR count). The third-order valence-electron chi connectivity index (χ3n) is 2.24. The third kappa shape index (κ3) is 3.21. The smallest absolute Gasteiger partial charge is 0.210 e. The van der Waals surface area contributed by atoms with Crippen LogP contribution < -0.4 is 4.74 Å². The summed E-state index contributed by atoms with van der Waals surface area (Å²) in [6.07, 6.45) is -0.202. The van der Waals surface area contributed by atoms with Gasteiger partial charge in [-0.05, 0) is 17.7 Å². The van der Waals surface area contributed by atoms with Crippen LogP contribution in [0.15, 0.2) is 24.3 Å². The molecule has 1 aromatic carbocycles. The Kier molecular flexibility index (Phi) is 4.62. The number of sulfone groups is 1. The summed E-state index contributed by atoms with van der Waals surface area (Å²) in [6.45, 7) is 0. The van der Waals surface area contributed by atoms with Gasteiger partial charge in [0.15, 0.2) is 9.84 Å². The predicted octanol–water partition coefficient (Wildman–Crippen LogP) is 2.22. The van der Waals surface area contributed by atoms with E-state index in [1.165, 1.54) is 7.11 Å². The van der Waals surface area contributed by atoms with E-state index in [2.05, 4.69) is 31.9 Å². The largest absolute Gasteiger partial charge is 0.497 e. The van der Waals surface area contributed by atoms with E-state index in [0.29, 0.717) is 11.3 Å². The molecule has 7 heteroatoms. The van der Waals surface area contributed by atoms with Crippen LogP contribution in [0.5, 0.6) is 5.75 Å². The fourth-order valence-electron chi connectivity index (χ4n) is 1.18. The Hall–Kier alpha value is -0.110. The van der Waals surface area contributed by atoms with Crippen LogP contribution in [0, 0.1) is 0 Å². The maximum atomic E-state index is 11.5. The molecule has 0 saturated carbocycles. The number of hydrogen-bond donors (Lipinski definition) is 1. The van der Waals surface area contributed by atoms with Crippen molar-refractivity contribution in [3.8, 4) is 5.75 Å². The van der Waals surface area contributed by atoms with Gasteiger partial charge in [0.1, 0.15) is 11.9 Å². The maximum Gasteiger partial charge on any atom is 0.210 e. The van der Waals surface area contributed by atoms with Crippen LogP contribution in [0.3, 0.4) is 0 Å². The number of aliphatic hydroxyl groups is 1. The first kappa shape index (κ1) is 14.9. The number of ether oxygens (including phenoxy) is 1. The number of alkyl halides is 2. The van der Waals surface area contributed by atoms with Gasteiger partial charge in [0.25, 0.3) is 0 Å². The molecule has 0 spiro atoms. The van der Waals surface area contributed by atoms with Crippen molar-refractivity contribution < 1.29 is 18.3 Å². The van der Waals surface area contributed by atoms with Crippen molar-refractivity contribution in [2.45, 2.75) is 8.67 Å². The van der Waals surface area contributed by atoms with Gasteiger partial charge < -0.3 is 9.84 Å². The summed E-state index contributed by atoms with van der Waals surface area (Å²) in [4.78, 5) is 0. The summed E-state index contributed by atoms with van der Waals surface area (Å²) in [5, 5.41) is 10.0. The minimum atomic E-state index is -3.51. The predicted molar refractivity (Wildman–Crippen MR) is 73.4 cm³/mol. The van der Waals surface area contributed by atoms with Crippen molar-refractivity contribution in [3.05, 3.63) is 29.8 Å². The first-order chi connectivity index (χ1) is 7.70. The second kappa shape index (κ2) is 5.26. The molecule has 0 saturated heterocycles. The molecule has 17 heavy (non-hydrogen) atoms. The quantitative estimate of drug-likeness (QED) is 0.804. The van der Waals surface area contributed by atoms with Crippen LogP contribution in [-0.2, 0) is 9.84 Å². The number of benzene rings is 1. The standard InChI is InChI=1S/C10H12Br2O4S/c1-16-8-5-3-7(4-6-8)9(13)10(11,12)17(2,14)15/h3-6,9,13H,1-2H3/t9-/m0/s1. The zero-order valence-electron chi connectivity index (χ0n) is 9.22.